The van der Waals surface area contributed by atoms with Crippen LogP contribution >= 0.6 is 15.9 Å². The van der Waals surface area contributed by atoms with Gasteiger partial charge in [0.2, 0.25) is 5.76 Å². The van der Waals surface area contributed by atoms with Crippen molar-refractivity contribution < 1.29 is 9.21 Å². The highest BCUT2D eigenvalue weighted by Crippen LogP contribution is 2.21. The monoisotopic (exact) mass is 309 g/mol. The zero-order valence-electron chi connectivity index (χ0n) is 9.52. The molecule has 2 rings (SSSR count). The standard InChI is InChI=1S/C12H12BrN3O2/c13-8-3-1-2-4-9(8)16-12(17)10-7-15-11(18-10)5-6-14/h1-4,7H,5-6,14H2,(H,16,17). The fourth-order valence-electron chi connectivity index (χ4n) is 1.40. The number of amides is 1. The minimum atomic E-state index is -0.335. The molecule has 0 unspecified atom stereocenters. The van der Waals surface area contributed by atoms with E-state index in [9.17, 15) is 4.79 Å². The number of carbonyl (C=O) groups excluding carboxylic acids is 1. The SMILES string of the molecule is NCCc1ncc(C(=O)Nc2ccccc2Br)o1. The number of rotatable bonds is 4. The minimum Gasteiger partial charge on any atom is -0.435 e. The van der Waals surface area contributed by atoms with Crippen LogP contribution in [0.5, 0.6) is 0 Å². The fraction of sp³-hybridized carbons (Fsp3) is 0.167. The largest absolute Gasteiger partial charge is 0.435 e. The third-order valence-corrected chi connectivity index (χ3v) is 2.95. The molecule has 6 heteroatoms. The number of aromatic nitrogens is 1. The van der Waals surface area contributed by atoms with Crippen LogP contribution in [0, 0.1) is 0 Å². The highest BCUT2D eigenvalue weighted by Gasteiger charge is 2.13. The molecular weight excluding hydrogens is 298 g/mol. The van der Waals surface area contributed by atoms with E-state index >= 15 is 0 Å². The molecule has 5 nitrogen and oxygen atoms in total. The number of anilines is 1. The van der Waals surface area contributed by atoms with E-state index in [2.05, 4.69) is 26.2 Å². The molecule has 0 atom stereocenters. The van der Waals surface area contributed by atoms with Gasteiger partial charge in [0, 0.05) is 17.4 Å². The Morgan fingerprint density at radius 2 is 2.22 bits per heavy atom. The Morgan fingerprint density at radius 3 is 2.94 bits per heavy atom. The molecule has 0 aliphatic rings. The predicted molar refractivity (Wildman–Crippen MR) is 71.4 cm³/mol. The van der Waals surface area contributed by atoms with E-state index in [0.29, 0.717) is 24.5 Å². The van der Waals surface area contributed by atoms with Crippen LogP contribution in [0.15, 0.2) is 39.4 Å². The Morgan fingerprint density at radius 1 is 1.44 bits per heavy atom. The second-order valence-electron chi connectivity index (χ2n) is 3.59. The van der Waals surface area contributed by atoms with Gasteiger partial charge in [0.25, 0.3) is 5.91 Å². The van der Waals surface area contributed by atoms with Crippen LogP contribution in [0.4, 0.5) is 5.69 Å². The van der Waals surface area contributed by atoms with Gasteiger partial charge in [-0.05, 0) is 28.1 Å². The lowest BCUT2D eigenvalue weighted by atomic mass is 10.3. The maximum absolute atomic E-state index is 11.9. The van der Waals surface area contributed by atoms with Crippen LogP contribution in [-0.2, 0) is 6.42 Å². The normalized spacial score (nSPS) is 10.3. The lowest BCUT2D eigenvalue weighted by molar-refractivity contribution is 0.0995. The molecule has 94 valence electrons. The molecule has 0 aliphatic heterocycles. The van der Waals surface area contributed by atoms with Crippen LogP contribution < -0.4 is 11.1 Å². The summed E-state index contributed by atoms with van der Waals surface area (Å²) in [6.07, 6.45) is 1.92. The van der Waals surface area contributed by atoms with Gasteiger partial charge >= 0.3 is 0 Å². The molecule has 0 saturated heterocycles. The number of hydrogen-bond donors (Lipinski definition) is 2. The van der Waals surface area contributed by atoms with Crippen LogP contribution in [0.3, 0.4) is 0 Å². The van der Waals surface area contributed by atoms with Crippen LogP contribution in [0.1, 0.15) is 16.4 Å². The number of nitrogens with zero attached hydrogens (tertiary/aromatic N) is 1. The molecule has 0 aliphatic carbocycles. The second kappa shape index (κ2) is 5.79. The summed E-state index contributed by atoms with van der Waals surface area (Å²) in [5.74, 6) is 0.307. The second-order valence-corrected chi connectivity index (χ2v) is 4.45. The third kappa shape index (κ3) is 2.96. The van der Waals surface area contributed by atoms with Crippen molar-refractivity contribution in [3.8, 4) is 0 Å². The van der Waals surface area contributed by atoms with Crippen molar-refractivity contribution in [1.82, 2.24) is 4.98 Å². The first-order chi connectivity index (χ1) is 8.70. The van der Waals surface area contributed by atoms with Crippen molar-refractivity contribution in [3.63, 3.8) is 0 Å². The maximum Gasteiger partial charge on any atom is 0.293 e. The molecule has 1 heterocycles. The number of carbonyl (C=O) groups is 1. The molecule has 0 spiro atoms. The van der Waals surface area contributed by atoms with Gasteiger partial charge in [0.05, 0.1) is 11.9 Å². The zero-order chi connectivity index (χ0) is 13.0. The van der Waals surface area contributed by atoms with Gasteiger partial charge in [-0.15, -0.1) is 0 Å². The minimum absolute atomic E-state index is 0.175. The zero-order valence-corrected chi connectivity index (χ0v) is 11.1. The summed E-state index contributed by atoms with van der Waals surface area (Å²) in [6, 6.07) is 7.34. The van der Waals surface area contributed by atoms with Gasteiger partial charge < -0.3 is 15.5 Å². The molecule has 0 fully saturated rings. The number of hydrogen-bond acceptors (Lipinski definition) is 4. The molecule has 1 aromatic heterocycles. The van der Waals surface area contributed by atoms with Gasteiger partial charge in [-0.2, -0.15) is 0 Å². The summed E-state index contributed by atoms with van der Waals surface area (Å²) < 4.78 is 6.09. The summed E-state index contributed by atoms with van der Waals surface area (Å²) in [5.41, 5.74) is 6.06. The lowest BCUT2D eigenvalue weighted by Crippen LogP contribution is -2.11. The maximum atomic E-state index is 11.9. The molecule has 1 aromatic carbocycles. The number of oxazole rings is 1. The number of nitrogens with two attached hydrogens (primary N) is 1. The Balaban J connectivity index is 2.10. The van der Waals surface area contributed by atoms with Crippen molar-refractivity contribution in [2.75, 3.05) is 11.9 Å². The highest BCUT2D eigenvalue weighted by atomic mass is 79.9. The Kier molecular flexibility index (Phi) is 4.11. The van der Waals surface area contributed by atoms with Gasteiger partial charge in [0.1, 0.15) is 0 Å². The Labute approximate surface area is 113 Å². The number of nitrogens with one attached hydrogen (secondary N) is 1. The van der Waals surface area contributed by atoms with Crippen LogP contribution in [-0.4, -0.2) is 17.4 Å². The molecule has 1 amide bonds. The molecular formula is C12H12BrN3O2. The quantitative estimate of drug-likeness (QED) is 0.907. The van der Waals surface area contributed by atoms with Crippen LogP contribution in [0.25, 0.3) is 0 Å². The van der Waals surface area contributed by atoms with E-state index in [1.807, 2.05) is 18.2 Å². The summed E-state index contributed by atoms with van der Waals surface area (Å²) in [6.45, 7) is 0.436. The molecule has 3 N–H and O–H groups in total. The molecule has 0 bridgehead atoms. The number of para-hydroxylation sites is 1. The topological polar surface area (TPSA) is 81.1 Å². The van der Waals surface area contributed by atoms with E-state index in [0.717, 1.165) is 4.47 Å². The summed E-state index contributed by atoms with van der Waals surface area (Å²) >= 11 is 3.35. The average Bonchev–Trinajstić information content (AvgIpc) is 2.81. The highest BCUT2D eigenvalue weighted by molar-refractivity contribution is 9.10. The molecule has 0 radical (unpaired) electrons. The third-order valence-electron chi connectivity index (χ3n) is 2.26. The van der Waals surface area contributed by atoms with Crippen molar-refractivity contribution >= 4 is 27.5 Å². The van der Waals surface area contributed by atoms with Crippen molar-refractivity contribution in [3.05, 3.63) is 46.6 Å². The fourth-order valence-corrected chi connectivity index (χ4v) is 1.78. The summed E-state index contributed by atoms with van der Waals surface area (Å²) in [7, 11) is 0. The molecule has 2 aromatic rings. The number of benzene rings is 1. The van der Waals surface area contributed by atoms with Gasteiger partial charge in [0.15, 0.2) is 5.89 Å². The van der Waals surface area contributed by atoms with Gasteiger partial charge in [-0.1, -0.05) is 12.1 Å². The summed E-state index contributed by atoms with van der Waals surface area (Å²) in [4.78, 5) is 15.9. The molecule has 18 heavy (non-hydrogen) atoms. The van der Waals surface area contributed by atoms with Crippen LogP contribution in [0.2, 0.25) is 0 Å². The van der Waals surface area contributed by atoms with Gasteiger partial charge in [-0.3, -0.25) is 4.79 Å². The van der Waals surface area contributed by atoms with E-state index < -0.39 is 0 Å². The lowest BCUT2D eigenvalue weighted by Gasteiger charge is -2.04. The smallest absolute Gasteiger partial charge is 0.293 e. The van der Waals surface area contributed by atoms with Crippen molar-refractivity contribution in [2.45, 2.75) is 6.42 Å². The summed E-state index contributed by atoms with van der Waals surface area (Å²) in [5, 5.41) is 2.73. The van der Waals surface area contributed by atoms with E-state index in [4.69, 9.17) is 10.2 Å². The first-order valence-corrected chi connectivity index (χ1v) is 6.20. The van der Waals surface area contributed by atoms with Crippen molar-refractivity contribution in [2.24, 2.45) is 5.73 Å². The Bertz CT molecular complexity index is 554. The van der Waals surface area contributed by atoms with E-state index in [1.54, 1.807) is 6.07 Å². The average molecular weight is 310 g/mol. The van der Waals surface area contributed by atoms with E-state index in [-0.39, 0.29) is 11.7 Å². The Hall–Kier alpha value is -1.66. The first kappa shape index (κ1) is 12.8. The predicted octanol–water partition coefficient (Wildman–Crippen LogP) is 2.19. The van der Waals surface area contributed by atoms with E-state index in [1.165, 1.54) is 6.20 Å². The first-order valence-electron chi connectivity index (χ1n) is 5.41. The van der Waals surface area contributed by atoms with Gasteiger partial charge in [-0.25, -0.2) is 4.98 Å². The molecule has 0 saturated carbocycles. The number of halogens is 1. The van der Waals surface area contributed by atoms with Crippen molar-refractivity contribution in [1.29, 1.82) is 0 Å².